The molecule has 0 N–H and O–H groups in total. The molecule has 0 amide bonds. The summed E-state index contributed by atoms with van der Waals surface area (Å²) in [5.74, 6) is -2.97. The van der Waals surface area contributed by atoms with Gasteiger partial charge in [-0.2, -0.15) is 0 Å². The van der Waals surface area contributed by atoms with Crippen LogP contribution in [0, 0.1) is 0 Å². The first-order valence-corrected chi connectivity index (χ1v) is 25.5. The smallest absolute Gasteiger partial charge is 0.306 e. The molecule has 6 heteroatoms. The molecule has 350 valence electrons. The van der Waals surface area contributed by atoms with E-state index in [-0.39, 0.29) is 19.3 Å². The van der Waals surface area contributed by atoms with E-state index < -0.39 is 37.1 Å². The third kappa shape index (κ3) is 46.7. The zero-order valence-electron chi connectivity index (χ0n) is 44.5. The van der Waals surface area contributed by atoms with Gasteiger partial charge in [-0.25, -0.2) is 0 Å². The number of rotatable bonds is 47. The maximum Gasteiger partial charge on any atom is 0.306 e. The summed E-state index contributed by atoms with van der Waals surface area (Å²) in [5.41, 5.74) is 0. The fourth-order valence-electron chi connectivity index (χ4n) is 7.03. The SMILES string of the molecule is [2H]C([2H])(OC(=O)CCCCCCCC/C=C\CCCCCC)C([2H])(OC(=O)CCCCCCCC/C=C\CCCCCC)C([2H])([2H])OC(=O)CCCCCCCC/C=C\CCCCCC. The minimum absolute atomic E-state index is 0.141. The Kier molecular flexibility index (Phi) is 40.0. The molecule has 0 unspecified atom stereocenters. The van der Waals surface area contributed by atoms with Crippen LogP contribution in [0.5, 0.6) is 0 Å². The number of allylic oxidation sites excluding steroid dienone is 6. The van der Waals surface area contributed by atoms with Gasteiger partial charge < -0.3 is 14.2 Å². The second-order valence-electron chi connectivity index (χ2n) is 16.9. The van der Waals surface area contributed by atoms with E-state index in [2.05, 4.69) is 57.2 Å². The molecule has 0 aromatic heterocycles. The number of carbonyl (C=O) groups is 3. The van der Waals surface area contributed by atoms with Crippen molar-refractivity contribution in [1.82, 2.24) is 0 Å². The molecule has 0 spiro atoms. The van der Waals surface area contributed by atoms with Crippen molar-refractivity contribution in [2.75, 3.05) is 13.1 Å². The van der Waals surface area contributed by atoms with Gasteiger partial charge in [-0.1, -0.05) is 192 Å². The van der Waals surface area contributed by atoms with Crippen LogP contribution in [-0.2, 0) is 28.6 Å². The minimum atomic E-state index is -3.50. The Balaban J connectivity index is 5.05. The molecule has 0 aliphatic carbocycles. The van der Waals surface area contributed by atoms with Crippen LogP contribution in [0.1, 0.15) is 278 Å². The van der Waals surface area contributed by atoms with E-state index in [0.29, 0.717) is 25.7 Å². The summed E-state index contributed by atoms with van der Waals surface area (Å²) in [6.07, 6.45) is 47.3. The van der Waals surface area contributed by atoms with Crippen LogP contribution >= 0.6 is 0 Å². The fourth-order valence-corrected chi connectivity index (χ4v) is 7.03. The van der Waals surface area contributed by atoms with Crippen molar-refractivity contribution >= 4 is 17.9 Å². The van der Waals surface area contributed by atoms with Gasteiger partial charge in [-0.3, -0.25) is 14.4 Å². The van der Waals surface area contributed by atoms with Gasteiger partial charge >= 0.3 is 17.9 Å². The van der Waals surface area contributed by atoms with E-state index in [0.717, 1.165) is 128 Å². The molecule has 0 saturated carbocycles. The summed E-state index contributed by atoms with van der Waals surface area (Å²) >= 11 is 0. The highest BCUT2D eigenvalue weighted by Crippen LogP contribution is 2.14. The molecule has 0 fully saturated rings. The maximum atomic E-state index is 13.1. The highest BCUT2D eigenvalue weighted by molar-refractivity contribution is 5.71. The lowest BCUT2D eigenvalue weighted by Crippen LogP contribution is -2.30. The zero-order valence-corrected chi connectivity index (χ0v) is 39.5. The molecule has 0 aromatic rings. The highest BCUT2D eigenvalue weighted by Gasteiger charge is 2.19. The lowest BCUT2D eigenvalue weighted by molar-refractivity contribution is -0.167. The Morgan fingerprint density at radius 3 is 0.883 bits per heavy atom. The maximum absolute atomic E-state index is 13.1. The molecule has 60 heavy (non-hydrogen) atoms. The van der Waals surface area contributed by atoms with Crippen LogP contribution in [0.4, 0.5) is 0 Å². The molecule has 6 nitrogen and oxygen atoms in total. The van der Waals surface area contributed by atoms with Gasteiger partial charge in [0.1, 0.15) is 13.1 Å². The largest absolute Gasteiger partial charge is 0.462 e. The number of esters is 3. The molecule has 0 aromatic carbocycles. The van der Waals surface area contributed by atoms with Crippen molar-refractivity contribution in [3.05, 3.63) is 36.5 Å². The zero-order chi connectivity index (χ0) is 48.2. The van der Waals surface area contributed by atoms with Gasteiger partial charge in [0.15, 0.2) is 6.08 Å². The van der Waals surface area contributed by atoms with E-state index in [1.807, 2.05) is 0 Å². The van der Waals surface area contributed by atoms with Gasteiger partial charge in [0, 0.05) is 19.3 Å². The number of hydrogen-bond acceptors (Lipinski definition) is 6. The molecule has 0 aliphatic heterocycles. The lowest BCUT2D eigenvalue weighted by atomic mass is 10.1. The average Bonchev–Trinajstić information content (AvgIpc) is 3.26. The Labute approximate surface area is 379 Å². The van der Waals surface area contributed by atoms with Crippen LogP contribution in [0.25, 0.3) is 0 Å². The van der Waals surface area contributed by atoms with E-state index in [9.17, 15) is 14.4 Å². The number of carbonyl (C=O) groups excluding carboxylic acids is 3. The van der Waals surface area contributed by atoms with Gasteiger partial charge in [0.25, 0.3) is 0 Å². The molecule has 0 saturated heterocycles. The first kappa shape index (κ1) is 48.7. The van der Waals surface area contributed by atoms with Gasteiger partial charge in [-0.05, 0) is 96.3 Å². The predicted molar refractivity (Wildman–Crippen MR) is 256 cm³/mol. The third-order valence-electron chi connectivity index (χ3n) is 10.9. The second-order valence-corrected chi connectivity index (χ2v) is 16.9. The first-order chi connectivity index (χ1) is 31.4. The number of unbranched alkanes of at least 4 members (excludes halogenated alkanes) is 30. The van der Waals surface area contributed by atoms with Gasteiger partial charge in [-0.15, -0.1) is 0 Å². The van der Waals surface area contributed by atoms with E-state index in [1.165, 1.54) is 77.0 Å². The van der Waals surface area contributed by atoms with Crippen molar-refractivity contribution in [2.24, 2.45) is 0 Å². The molecular formula is C54H98O6. The van der Waals surface area contributed by atoms with E-state index >= 15 is 0 Å². The summed E-state index contributed by atoms with van der Waals surface area (Å²) < 4.78 is 58.8. The second kappa shape index (κ2) is 49.3. The van der Waals surface area contributed by atoms with Crippen LogP contribution in [-0.4, -0.2) is 37.1 Å². The van der Waals surface area contributed by atoms with Crippen molar-refractivity contribution in [3.63, 3.8) is 0 Å². The topological polar surface area (TPSA) is 78.9 Å². The fraction of sp³-hybridized carbons (Fsp3) is 0.833. The third-order valence-corrected chi connectivity index (χ3v) is 10.9. The quantitative estimate of drug-likeness (QED) is 0.0263. The van der Waals surface area contributed by atoms with Crippen molar-refractivity contribution in [2.45, 2.75) is 277 Å². The Morgan fingerprint density at radius 2 is 0.600 bits per heavy atom. The van der Waals surface area contributed by atoms with E-state index in [1.54, 1.807) is 0 Å². The van der Waals surface area contributed by atoms with Crippen molar-refractivity contribution < 1.29 is 35.4 Å². The molecule has 0 heterocycles. The number of hydrogen-bond donors (Lipinski definition) is 0. The Morgan fingerprint density at radius 1 is 0.367 bits per heavy atom. The summed E-state index contributed by atoms with van der Waals surface area (Å²) in [7, 11) is 0. The first-order valence-electron chi connectivity index (χ1n) is 28.0. The van der Waals surface area contributed by atoms with Gasteiger partial charge in [0.05, 0.1) is 6.85 Å². The van der Waals surface area contributed by atoms with Crippen LogP contribution in [0.3, 0.4) is 0 Å². The summed E-state index contributed by atoms with van der Waals surface area (Å²) in [4.78, 5) is 38.9. The Bertz CT molecular complexity index is 1170. The monoisotopic (exact) mass is 848 g/mol. The van der Waals surface area contributed by atoms with Gasteiger partial charge in [0.2, 0.25) is 0 Å². The van der Waals surface area contributed by atoms with Crippen LogP contribution in [0.15, 0.2) is 36.5 Å². The number of ether oxygens (including phenoxy) is 3. The molecule has 0 atom stereocenters. The molecule has 0 aliphatic rings. The summed E-state index contributed by atoms with van der Waals surface area (Å²) in [5, 5.41) is 0. The summed E-state index contributed by atoms with van der Waals surface area (Å²) in [6, 6.07) is 0. The van der Waals surface area contributed by atoms with Crippen LogP contribution in [0.2, 0.25) is 0 Å². The molecule has 0 bridgehead atoms. The molecular weight excluding hydrogens is 745 g/mol. The van der Waals surface area contributed by atoms with Crippen LogP contribution < -0.4 is 0 Å². The molecule has 0 radical (unpaired) electrons. The Hall–Kier alpha value is -2.37. The minimum Gasteiger partial charge on any atom is -0.462 e. The normalized spacial score (nSPS) is 13.7. The standard InChI is InChI=1S/C54H98O6/c1-4-7-10-13-16-19-22-25-28-31-34-37-40-43-46-52(55)58-49-51(60-54(57)48-45-42-39-36-33-30-27-24-21-18-15-12-9-6-3)50-59-53(56)47-44-41-38-35-32-29-26-23-20-17-14-11-8-5-2/h19-24,51H,4-18,25-50H2,1-3H3/b22-19-,23-20-,24-21-/i49D2,50D2,51D. The van der Waals surface area contributed by atoms with Crippen molar-refractivity contribution in [1.29, 1.82) is 0 Å². The predicted octanol–water partition coefficient (Wildman–Crippen LogP) is 16.9. The average molecular weight is 848 g/mol. The lowest BCUT2D eigenvalue weighted by Gasteiger charge is -2.18. The van der Waals surface area contributed by atoms with Crippen molar-refractivity contribution in [3.8, 4) is 0 Å². The summed E-state index contributed by atoms with van der Waals surface area (Å²) in [6.45, 7) is -0.259. The molecule has 0 rings (SSSR count). The van der Waals surface area contributed by atoms with E-state index in [4.69, 9.17) is 21.1 Å². The highest BCUT2D eigenvalue weighted by atomic mass is 16.6.